The molecule has 0 spiro atoms. The van der Waals surface area contributed by atoms with Crippen molar-refractivity contribution < 1.29 is 4.74 Å². The number of benzene rings is 1. The van der Waals surface area contributed by atoms with Crippen molar-refractivity contribution in [2.24, 2.45) is 0 Å². The van der Waals surface area contributed by atoms with Crippen molar-refractivity contribution in [3.63, 3.8) is 0 Å². The number of anilines is 1. The van der Waals surface area contributed by atoms with Gasteiger partial charge in [-0.3, -0.25) is 9.69 Å². The summed E-state index contributed by atoms with van der Waals surface area (Å²) >= 11 is 0. The average molecular weight is 455 g/mol. The van der Waals surface area contributed by atoms with E-state index in [1.54, 1.807) is 12.1 Å². The molecule has 1 aliphatic heterocycles. The normalized spacial score (nSPS) is 14.4. The number of hydrogen-bond acceptors (Lipinski definition) is 7. The second-order valence-corrected chi connectivity index (χ2v) is 8.45. The zero-order valence-corrected chi connectivity index (χ0v) is 18.9. The number of unbranched alkanes of at least 4 members (excludes halogenated alkanes) is 1. The molecule has 3 aromatic heterocycles. The first-order chi connectivity index (χ1) is 16.7. The van der Waals surface area contributed by atoms with E-state index in [9.17, 15) is 10.1 Å². The summed E-state index contributed by atoms with van der Waals surface area (Å²) in [5.41, 5.74) is 2.84. The Morgan fingerprint density at radius 3 is 2.62 bits per heavy atom. The molecule has 1 aromatic carbocycles. The molecule has 1 aliphatic rings. The molecule has 0 atom stereocenters. The summed E-state index contributed by atoms with van der Waals surface area (Å²) in [4.78, 5) is 28.0. The van der Waals surface area contributed by atoms with Gasteiger partial charge in [-0.2, -0.15) is 10.2 Å². The number of nitriles is 1. The third kappa shape index (κ3) is 4.85. The highest BCUT2D eigenvalue weighted by Crippen LogP contribution is 2.26. The van der Waals surface area contributed by atoms with Gasteiger partial charge in [0, 0.05) is 49.1 Å². The lowest BCUT2D eigenvalue weighted by Crippen LogP contribution is -2.46. The van der Waals surface area contributed by atoms with Gasteiger partial charge < -0.3 is 14.6 Å². The van der Waals surface area contributed by atoms with E-state index in [1.807, 2.05) is 24.3 Å². The Bertz CT molecular complexity index is 1400. The van der Waals surface area contributed by atoms with E-state index in [4.69, 9.17) is 4.74 Å². The number of fused-ring (bicyclic) bond motifs is 2. The number of nitrogens with zero attached hydrogens (tertiary/aromatic N) is 5. The van der Waals surface area contributed by atoms with Crippen molar-refractivity contribution in [1.82, 2.24) is 19.9 Å². The van der Waals surface area contributed by atoms with Crippen LogP contribution in [-0.2, 0) is 0 Å². The van der Waals surface area contributed by atoms with Gasteiger partial charge in [-0.05, 0) is 49.7 Å². The fraction of sp³-hybridized carbons (Fsp3) is 0.308. The number of pyridine rings is 3. The van der Waals surface area contributed by atoms with E-state index < -0.39 is 0 Å². The van der Waals surface area contributed by atoms with E-state index in [0.29, 0.717) is 23.8 Å². The minimum absolute atomic E-state index is 0.166. The van der Waals surface area contributed by atoms with E-state index in [2.05, 4.69) is 43.0 Å². The van der Waals surface area contributed by atoms with E-state index in [-0.39, 0.29) is 5.56 Å². The van der Waals surface area contributed by atoms with Gasteiger partial charge in [0.25, 0.3) is 0 Å². The molecule has 1 saturated heterocycles. The summed E-state index contributed by atoms with van der Waals surface area (Å²) < 4.78 is 5.79. The van der Waals surface area contributed by atoms with E-state index >= 15 is 0 Å². The number of hydrogen-bond donors (Lipinski definition) is 1. The second-order valence-electron chi connectivity index (χ2n) is 8.45. The van der Waals surface area contributed by atoms with Gasteiger partial charge in [0.2, 0.25) is 11.4 Å². The summed E-state index contributed by atoms with van der Waals surface area (Å²) in [5, 5.41) is 11.2. The smallest absolute Gasteiger partial charge is 0.249 e. The van der Waals surface area contributed by atoms with Crippen LogP contribution in [0.4, 0.5) is 5.69 Å². The Morgan fingerprint density at radius 1 is 0.941 bits per heavy atom. The summed E-state index contributed by atoms with van der Waals surface area (Å²) in [5.74, 6) is 0.534. The highest BCUT2D eigenvalue weighted by molar-refractivity contribution is 5.91. The maximum atomic E-state index is 11.5. The van der Waals surface area contributed by atoms with Gasteiger partial charge in [0.05, 0.1) is 17.8 Å². The molecule has 0 saturated carbocycles. The molecule has 8 heteroatoms. The molecular weight excluding hydrogens is 428 g/mol. The fourth-order valence-electron chi connectivity index (χ4n) is 4.37. The zero-order valence-electron chi connectivity index (χ0n) is 18.9. The topological polar surface area (TPSA) is 98.1 Å². The average Bonchev–Trinajstić information content (AvgIpc) is 2.88. The number of ether oxygens (including phenoxy) is 1. The lowest BCUT2D eigenvalue weighted by Gasteiger charge is -2.36. The van der Waals surface area contributed by atoms with Crippen LogP contribution < -0.4 is 15.2 Å². The number of nitrogens with one attached hydrogen (secondary N) is 1. The van der Waals surface area contributed by atoms with Crippen molar-refractivity contribution >= 4 is 27.6 Å². The first kappa shape index (κ1) is 21.9. The Kier molecular flexibility index (Phi) is 6.36. The summed E-state index contributed by atoms with van der Waals surface area (Å²) in [6.45, 7) is 5.49. The first-order valence-electron chi connectivity index (χ1n) is 11.6. The van der Waals surface area contributed by atoms with Crippen LogP contribution in [0.1, 0.15) is 18.5 Å². The van der Waals surface area contributed by atoms with Crippen molar-refractivity contribution in [2.75, 3.05) is 44.2 Å². The molecule has 0 amide bonds. The minimum Gasteiger partial charge on any atom is -0.478 e. The van der Waals surface area contributed by atoms with Crippen LogP contribution in [0.15, 0.2) is 59.4 Å². The molecule has 0 bridgehead atoms. The second kappa shape index (κ2) is 9.89. The quantitative estimate of drug-likeness (QED) is 0.428. The fourth-order valence-corrected chi connectivity index (χ4v) is 4.37. The van der Waals surface area contributed by atoms with Gasteiger partial charge >= 0.3 is 0 Å². The van der Waals surface area contributed by atoms with Crippen LogP contribution in [-0.4, -0.2) is 59.2 Å². The van der Waals surface area contributed by atoms with Gasteiger partial charge in [0.15, 0.2) is 0 Å². The highest BCUT2D eigenvalue weighted by Gasteiger charge is 2.19. The van der Waals surface area contributed by atoms with Crippen LogP contribution >= 0.6 is 0 Å². The van der Waals surface area contributed by atoms with Gasteiger partial charge in [-0.1, -0.05) is 12.1 Å². The van der Waals surface area contributed by atoms with Crippen LogP contribution in [0.2, 0.25) is 0 Å². The molecule has 0 unspecified atom stereocenters. The van der Waals surface area contributed by atoms with Crippen molar-refractivity contribution in [2.45, 2.75) is 12.8 Å². The molecule has 0 aliphatic carbocycles. The Hall–Kier alpha value is -3.96. The van der Waals surface area contributed by atoms with Crippen LogP contribution in [0, 0.1) is 11.3 Å². The van der Waals surface area contributed by atoms with Gasteiger partial charge in [-0.15, -0.1) is 0 Å². The predicted molar refractivity (Wildman–Crippen MR) is 132 cm³/mol. The molecule has 172 valence electrons. The summed E-state index contributed by atoms with van der Waals surface area (Å²) in [6, 6.07) is 19.1. The monoisotopic (exact) mass is 454 g/mol. The van der Waals surface area contributed by atoms with Crippen LogP contribution in [0.3, 0.4) is 0 Å². The SMILES string of the molecule is N#Cc1ccc2cccc(N3CCN(CCCCOc4ccc5ccc(=O)[nH]c5n4)CC3)c2n1. The maximum Gasteiger partial charge on any atom is 0.249 e. The predicted octanol–water partition coefficient (Wildman–Crippen LogP) is 3.32. The molecule has 8 nitrogen and oxygen atoms in total. The zero-order chi connectivity index (χ0) is 23.3. The van der Waals surface area contributed by atoms with Crippen LogP contribution in [0.25, 0.3) is 21.9 Å². The van der Waals surface area contributed by atoms with Gasteiger partial charge in [0.1, 0.15) is 17.4 Å². The molecule has 1 N–H and O–H groups in total. The molecule has 0 radical (unpaired) electrons. The molecule has 5 rings (SSSR count). The van der Waals surface area contributed by atoms with Crippen molar-refractivity contribution in [3.8, 4) is 11.9 Å². The van der Waals surface area contributed by atoms with Gasteiger partial charge in [-0.25, -0.2) is 4.98 Å². The third-order valence-electron chi connectivity index (χ3n) is 6.20. The van der Waals surface area contributed by atoms with Crippen molar-refractivity contribution in [3.05, 3.63) is 70.6 Å². The van der Waals surface area contributed by atoms with E-state index in [1.165, 1.54) is 6.07 Å². The Labute approximate surface area is 197 Å². The molecular formula is C26H26N6O2. The third-order valence-corrected chi connectivity index (χ3v) is 6.20. The molecule has 4 aromatic rings. The molecule has 1 fully saturated rings. The standard InChI is InChI=1S/C26H26N6O2/c27-18-21-9-6-19-4-3-5-22(25(19)28-21)32-15-13-31(14-16-32)12-1-2-17-34-24-11-8-20-7-10-23(33)29-26(20)30-24/h3-11H,1-2,12-17H2,(H,29,30,33). The summed E-state index contributed by atoms with van der Waals surface area (Å²) in [6.07, 6.45) is 1.99. The van der Waals surface area contributed by atoms with Crippen LogP contribution in [0.5, 0.6) is 5.88 Å². The molecule has 34 heavy (non-hydrogen) atoms. The number of H-pyrrole nitrogens is 1. The number of piperazine rings is 1. The Balaban J connectivity index is 1.09. The number of aromatic nitrogens is 3. The first-order valence-corrected chi connectivity index (χ1v) is 11.6. The van der Waals surface area contributed by atoms with Crippen molar-refractivity contribution in [1.29, 1.82) is 5.26 Å². The van der Waals surface area contributed by atoms with E-state index in [0.717, 1.165) is 67.5 Å². The lowest BCUT2D eigenvalue weighted by molar-refractivity contribution is 0.237. The molecule has 4 heterocycles. The largest absolute Gasteiger partial charge is 0.478 e. The lowest BCUT2D eigenvalue weighted by atomic mass is 10.1. The highest BCUT2D eigenvalue weighted by atomic mass is 16.5. The Morgan fingerprint density at radius 2 is 1.76 bits per heavy atom. The maximum absolute atomic E-state index is 11.5. The number of aromatic amines is 1. The number of rotatable bonds is 7. The number of para-hydroxylation sites is 1. The summed E-state index contributed by atoms with van der Waals surface area (Å²) in [7, 11) is 0. The minimum atomic E-state index is -0.166.